The maximum Gasteiger partial charge on any atom is 0.228 e. The summed E-state index contributed by atoms with van der Waals surface area (Å²) in [6, 6.07) is 8.30. The molecule has 1 fully saturated rings. The van der Waals surface area contributed by atoms with Crippen LogP contribution < -0.4 is 5.32 Å². The van der Waals surface area contributed by atoms with Crippen LogP contribution in [0.1, 0.15) is 19.5 Å². The van der Waals surface area contributed by atoms with Crippen molar-refractivity contribution in [3.8, 4) is 0 Å². The number of benzene rings is 1. The van der Waals surface area contributed by atoms with Crippen molar-refractivity contribution in [1.29, 1.82) is 0 Å². The van der Waals surface area contributed by atoms with Crippen LogP contribution >= 0.6 is 12.4 Å². The van der Waals surface area contributed by atoms with Crippen LogP contribution in [0.2, 0.25) is 0 Å². The summed E-state index contributed by atoms with van der Waals surface area (Å²) in [4.78, 5) is 14.3. The monoisotopic (exact) mass is 309 g/mol. The van der Waals surface area contributed by atoms with E-state index in [4.69, 9.17) is 4.52 Å². The van der Waals surface area contributed by atoms with Crippen LogP contribution in [-0.4, -0.2) is 41.1 Å². The van der Waals surface area contributed by atoms with Gasteiger partial charge in [-0.1, -0.05) is 17.3 Å². The van der Waals surface area contributed by atoms with Gasteiger partial charge in [-0.25, -0.2) is 0 Å². The highest BCUT2D eigenvalue weighted by Gasteiger charge is 2.25. The van der Waals surface area contributed by atoms with Gasteiger partial charge in [0.15, 0.2) is 5.58 Å². The van der Waals surface area contributed by atoms with Gasteiger partial charge in [-0.05, 0) is 26.0 Å². The van der Waals surface area contributed by atoms with Gasteiger partial charge >= 0.3 is 0 Å². The van der Waals surface area contributed by atoms with Gasteiger partial charge in [0.2, 0.25) is 5.91 Å². The summed E-state index contributed by atoms with van der Waals surface area (Å²) in [6.07, 6.45) is 0.302. The van der Waals surface area contributed by atoms with Crippen molar-refractivity contribution in [2.24, 2.45) is 0 Å². The van der Waals surface area contributed by atoms with E-state index < -0.39 is 0 Å². The molecule has 1 saturated heterocycles. The van der Waals surface area contributed by atoms with Gasteiger partial charge < -0.3 is 14.7 Å². The van der Waals surface area contributed by atoms with E-state index >= 15 is 0 Å². The number of carbonyl (C=O) groups is 1. The maximum absolute atomic E-state index is 12.4. The second-order valence-electron chi connectivity index (χ2n) is 5.57. The zero-order valence-electron chi connectivity index (χ0n) is 12.2. The molecule has 2 aromatic rings. The molecular weight excluding hydrogens is 290 g/mol. The minimum Gasteiger partial charge on any atom is -0.356 e. The normalized spacial score (nSPS) is 22.1. The summed E-state index contributed by atoms with van der Waals surface area (Å²) in [5, 5.41) is 8.38. The Kier molecular flexibility index (Phi) is 4.85. The summed E-state index contributed by atoms with van der Waals surface area (Å²) >= 11 is 0. The zero-order valence-corrected chi connectivity index (χ0v) is 13.0. The van der Waals surface area contributed by atoms with E-state index in [1.54, 1.807) is 0 Å². The van der Waals surface area contributed by atoms with Crippen LogP contribution in [0.5, 0.6) is 0 Å². The summed E-state index contributed by atoms with van der Waals surface area (Å²) in [6.45, 7) is 5.70. The molecule has 0 spiro atoms. The first kappa shape index (κ1) is 15.8. The number of fused-ring (bicyclic) bond motifs is 1. The van der Waals surface area contributed by atoms with Crippen molar-refractivity contribution in [2.75, 3.05) is 13.1 Å². The molecule has 1 amide bonds. The number of amides is 1. The van der Waals surface area contributed by atoms with E-state index in [0.717, 1.165) is 29.8 Å². The summed E-state index contributed by atoms with van der Waals surface area (Å²) in [7, 11) is 0. The van der Waals surface area contributed by atoms with Crippen molar-refractivity contribution in [2.45, 2.75) is 32.4 Å². The lowest BCUT2D eigenvalue weighted by Crippen LogP contribution is -2.56. The lowest BCUT2D eigenvalue weighted by molar-refractivity contribution is -0.132. The molecule has 0 saturated carbocycles. The lowest BCUT2D eigenvalue weighted by Gasteiger charge is -2.36. The fourth-order valence-corrected chi connectivity index (χ4v) is 2.85. The van der Waals surface area contributed by atoms with Crippen molar-refractivity contribution in [1.82, 2.24) is 15.4 Å². The highest BCUT2D eigenvalue weighted by molar-refractivity contribution is 5.86. The molecule has 1 aliphatic rings. The van der Waals surface area contributed by atoms with E-state index in [9.17, 15) is 4.79 Å². The van der Waals surface area contributed by atoms with Crippen LogP contribution in [0.25, 0.3) is 11.0 Å². The quantitative estimate of drug-likeness (QED) is 0.922. The number of halogens is 1. The van der Waals surface area contributed by atoms with Crippen LogP contribution in [0.15, 0.2) is 28.8 Å². The predicted molar refractivity (Wildman–Crippen MR) is 83.6 cm³/mol. The summed E-state index contributed by atoms with van der Waals surface area (Å²) < 4.78 is 5.25. The van der Waals surface area contributed by atoms with Crippen LogP contribution in [0.3, 0.4) is 0 Å². The minimum absolute atomic E-state index is 0. The molecule has 2 heterocycles. The largest absolute Gasteiger partial charge is 0.356 e. The van der Waals surface area contributed by atoms with Crippen LogP contribution in [-0.2, 0) is 11.2 Å². The Hall–Kier alpha value is -1.59. The first-order valence-electron chi connectivity index (χ1n) is 7.00. The SMILES string of the molecule is CC1CN(C(=O)Cc2noc3ccccc23)CC(C)N1.Cl. The topological polar surface area (TPSA) is 58.4 Å². The number of hydrogen-bond acceptors (Lipinski definition) is 4. The predicted octanol–water partition coefficient (Wildman–Crippen LogP) is 2.00. The molecule has 1 aliphatic heterocycles. The van der Waals surface area contributed by atoms with Gasteiger partial charge in [0.05, 0.1) is 6.42 Å². The molecule has 2 unspecified atom stereocenters. The third kappa shape index (κ3) is 3.36. The van der Waals surface area contributed by atoms with E-state index in [1.165, 1.54) is 0 Å². The third-order valence-electron chi connectivity index (χ3n) is 3.68. The summed E-state index contributed by atoms with van der Waals surface area (Å²) in [5.41, 5.74) is 1.46. The average Bonchev–Trinajstić information content (AvgIpc) is 2.81. The Morgan fingerprint density at radius 2 is 2.00 bits per heavy atom. The first-order valence-corrected chi connectivity index (χ1v) is 7.00. The average molecular weight is 310 g/mol. The third-order valence-corrected chi connectivity index (χ3v) is 3.68. The maximum atomic E-state index is 12.4. The van der Waals surface area contributed by atoms with E-state index in [1.807, 2.05) is 29.2 Å². The van der Waals surface area contributed by atoms with Gasteiger partial charge in [-0.3, -0.25) is 4.79 Å². The molecule has 1 aromatic carbocycles. The molecule has 21 heavy (non-hydrogen) atoms. The number of hydrogen-bond donors (Lipinski definition) is 1. The minimum atomic E-state index is 0. The van der Waals surface area contributed by atoms with Gasteiger partial charge in [-0.15, -0.1) is 12.4 Å². The number of aromatic nitrogens is 1. The second-order valence-corrected chi connectivity index (χ2v) is 5.57. The molecule has 1 N–H and O–H groups in total. The van der Waals surface area contributed by atoms with Gasteiger partial charge in [0.25, 0.3) is 0 Å². The Labute approximate surface area is 130 Å². The highest BCUT2D eigenvalue weighted by atomic mass is 35.5. The van der Waals surface area contributed by atoms with E-state index in [-0.39, 0.29) is 18.3 Å². The number of piperazine rings is 1. The number of para-hydroxylation sites is 1. The Bertz CT molecular complexity index is 618. The Balaban J connectivity index is 0.00000161. The van der Waals surface area contributed by atoms with Crippen molar-refractivity contribution in [3.63, 3.8) is 0 Å². The molecule has 2 atom stereocenters. The molecule has 114 valence electrons. The molecule has 5 nitrogen and oxygen atoms in total. The zero-order chi connectivity index (χ0) is 14.1. The molecule has 0 aliphatic carbocycles. The number of nitrogens with one attached hydrogen (secondary N) is 1. The Morgan fingerprint density at radius 1 is 1.33 bits per heavy atom. The van der Waals surface area contributed by atoms with Crippen molar-refractivity contribution >= 4 is 29.3 Å². The number of nitrogens with zero attached hydrogens (tertiary/aromatic N) is 2. The Morgan fingerprint density at radius 3 is 2.71 bits per heavy atom. The van der Waals surface area contributed by atoms with Crippen molar-refractivity contribution in [3.05, 3.63) is 30.0 Å². The summed E-state index contributed by atoms with van der Waals surface area (Å²) in [5.74, 6) is 0.115. The fraction of sp³-hybridized carbons (Fsp3) is 0.467. The molecular formula is C15H20ClN3O2. The highest BCUT2D eigenvalue weighted by Crippen LogP contribution is 2.19. The van der Waals surface area contributed by atoms with Crippen LogP contribution in [0, 0.1) is 0 Å². The number of rotatable bonds is 2. The first-order chi connectivity index (χ1) is 9.63. The van der Waals surface area contributed by atoms with Gasteiger partial charge in [0.1, 0.15) is 5.69 Å². The molecule has 1 aromatic heterocycles. The van der Waals surface area contributed by atoms with Crippen molar-refractivity contribution < 1.29 is 9.32 Å². The lowest BCUT2D eigenvalue weighted by atomic mass is 10.1. The molecule has 0 bridgehead atoms. The standard InChI is InChI=1S/C15H19N3O2.ClH/c1-10-8-18(9-11(2)16-10)15(19)7-13-12-5-3-4-6-14(12)20-17-13;/h3-6,10-11,16H,7-9H2,1-2H3;1H. The van der Waals surface area contributed by atoms with Gasteiger partial charge in [-0.2, -0.15) is 0 Å². The van der Waals surface area contributed by atoms with Gasteiger partial charge in [0, 0.05) is 30.6 Å². The smallest absolute Gasteiger partial charge is 0.228 e. The van der Waals surface area contributed by atoms with E-state index in [0.29, 0.717) is 18.5 Å². The fourth-order valence-electron chi connectivity index (χ4n) is 2.85. The molecule has 3 rings (SSSR count). The molecule has 6 heteroatoms. The van der Waals surface area contributed by atoms with Crippen LogP contribution in [0.4, 0.5) is 0 Å². The number of carbonyl (C=O) groups excluding carboxylic acids is 1. The van der Waals surface area contributed by atoms with E-state index in [2.05, 4.69) is 24.3 Å². The molecule has 0 radical (unpaired) electrons. The second kappa shape index (κ2) is 6.45.